The van der Waals surface area contributed by atoms with Crippen LogP contribution in [0.3, 0.4) is 0 Å². The number of fused-ring (bicyclic) bond motifs is 1. The molecular formula is C18H20FNO. The van der Waals surface area contributed by atoms with Crippen molar-refractivity contribution in [3.05, 3.63) is 53.3 Å². The molecule has 21 heavy (non-hydrogen) atoms. The molecule has 0 saturated carbocycles. The van der Waals surface area contributed by atoms with Gasteiger partial charge in [0, 0.05) is 24.1 Å². The predicted molar refractivity (Wildman–Crippen MR) is 83.0 cm³/mol. The van der Waals surface area contributed by atoms with Crippen LogP contribution in [0.4, 0.5) is 4.39 Å². The molecule has 2 aromatic rings. The molecule has 1 aliphatic rings. The highest BCUT2D eigenvalue weighted by Gasteiger charge is 2.17. The van der Waals surface area contributed by atoms with E-state index in [1.807, 2.05) is 24.3 Å². The van der Waals surface area contributed by atoms with Gasteiger partial charge in [0.05, 0.1) is 6.61 Å². The van der Waals surface area contributed by atoms with Crippen molar-refractivity contribution in [2.75, 3.05) is 13.2 Å². The minimum absolute atomic E-state index is 0.157. The molecule has 0 bridgehead atoms. The van der Waals surface area contributed by atoms with Crippen LogP contribution in [0.2, 0.25) is 0 Å². The van der Waals surface area contributed by atoms with Crippen LogP contribution in [0.25, 0.3) is 11.1 Å². The number of hydrogen-bond donors (Lipinski definition) is 1. The maximum absolute atomic E-state index is 13.9. The quantitative estimate of drug-likeness (QED) is 0.841. The Kier molecular flexibility index (Phi) is 4.20. The molecule has 1 heterocycles. The fraction of sp³-hybridized carbons (Fsp3) is 0.333. The Balaban J connectivity index is 1.92. The van der Waals surface area contributed by atoms with Gasteiger partial charge in [0.15, 0.2) is 0 Å². The molecule has 2 aromatic carbocycles. The van der Waals surface area contributed by atoms with E-state index in [0.29, 0.717) is 12.1 Å². The van der Waals surface area contributed by atoms with Crippen LogP contribution in [0.15, 0.2) is 36.4 Å². The average molecular weight is 285 g/mol. The van der Waals surface area contributed by atoms with E-state index in [1.54, 1.807) is 6.07 Å². The molecule has 0 radical (unpaired) electrons. The fourth-order valence-corrected chi connectivity index (χ4v) is 2.72. The summed E-state index contributed by atoms with van der Waals surface area (Å²) in [5.41, 5.74) is 4.02. The van der Waals surface area contributed by atoms with E-state index in [-0.39, 0.29) is 5.82 Å². The number of para-hydroxylation sites is 1. The lowest BCUT2D eigenvalue weighted by Crippen LogP contribution is -2.14. The van der Waals surface area contributed by atoms with Crippen LogP contribution < -0.4 is 10.1 Å². The number of benzene rings is 2. The van der Waals surface area contributed by atoms with Gasteiger partial charge >= 0.3 is 0 Å². The molecule has 1 aliphatic heterocycles. The van der Waals surface area contributed by atoms with Gasteiger partial charge in [-0.3, -0.25) is 0 Å². The standard InChI is InChI=1S/C18H20FNO/c1-2-9-20-12-15-11-14(6-7-17(15)19)16-5-3-4-13-8-10-21-18(13)16/h3-7,11,20H,2,8-10,12H2,1H3. The summed E-state index contributed by atoms with van der Waals surface area (Å²) in [6.07, 6.45) is 2.00. The Morgan fingerprint density at radius 2 is 2.14 bits per heavy atom. The molecule has 0 aliphatic carbocycles. The molecule has 2 nitrogen and oxygen atoms in total. The van der Waals surface area contributed by atoms with E-state index in [9.17, 15) is 4.39 Å². The van der Waals surface area contributed by atoms with Crippen molar-refractivity contribution >= 4 is 0 Å². The summed E-state index contributed by atoms with van der Waals surface area (Å²) in [6, 6.07) is 11.5. The maximum atomic E-state index is 13.9. The van der Waals surface area contributed by atoms with Gasteiger partial charge in [0.2, 0.25) is 0 Å². The molecule has 0 aromatic heterocycles. The minimum Gasteiger partial charge on any atom is -0.492 e. The highest BCUT2D eigenvalue weighted by molar-refractivity contribution is 5.73. The van der Waals surface area contributed by atoms with E-state index >= 15 is 0 Å². The molecule has 110 valence electrons. The summed E-state index contributed by atoms with van der Waals surface area (Å²) >= 11 is 0. The normalized spacial score (nSPS) is 13.0. The average Bonchev–Trinajstić information content (AvgIpc) is 2.98. The number of rotatable bonds is 5. The summed E-state index contributed by atoms with van der Waals surface area (Å²) in [5.74, 6) is 0.799. The van der Waals surface area contributed by atoms with E-state index in [4.69, 9.17) is 4.74 Å². The first-order valence-corrected chi connectivity index (χ1v) is 7.54. The topological polar surface area (TPSA) is 21.3 Å². The molecule has 0 saturated heterocycles. The Morgan fingerprint density at radius 3 is 3.00 bits per heavy atom. The van der Waals surface area contributed by atoms with Gasteiger partial charge in [-0.15, -0.1) is 0 Å². The lowest BCUT2D eigenvalue weighted by molar-refractivity contribution is 0.358. The smallest absolute Gasteiger partial charge is 0.130 e. The molecule has 0 atom stereocenters. The van der Waals surface area contributed by atoms with E-state index < -0.39 is 0 Å². The van der Waals surface area contributed by atoms with Crippen molar-refractivity contribution in [3.8, 4) is 16.9 Å². The van der Waals surface area contributed by atoms with Gasteiger partial charge in [-0.25, -0.2) is 4.39 Å². The molecule has 3 heteroatoms. The Labute approximate surface area is 125 Å². The minimum atomic E-state index is -0.157. The molecule has 1 N–H and O–H groups in total. The summed E-state index contributed by atoms with van der Waals surface area (Å²) in [6.45, 7) is 4.29. The zero-order valence-electron chi connectivity index (χ0n) is 12.3. The van der Waals surface area contributed by atoms with Gasteiger partial charge in [0.25, 0.3) is 0 Å². The third kappa shape index (κ3) is 2.93. The summed E-state index contributed by atoms with van der Waals surface area (Å²) in [4.78, 5) is 0. The molecular weight excluding hydrogens is 265 g/mol. The lowest BCUT2D eigenvalue weighted by Gasteiger charge is -2.11. The number of ether oxygens (including phenoxy) is 1. The second-order valence-corrected chi connectivity index (χ2v) is 5.38. The van der Waals surface area contributed by atoms with E-state index in [0.717, 1.165) is 42.9 Å². The zero-order valence-corrected chi connectivity index (χ0v) is 12.3. The van der Waals surface area contributed by atoms with Crippen molar-refractivity contribution in [2.45, 2.75) is 26.3 Å². The number of hydrogen-bond acceptors (Lipinski definition) is 2. The van der Waals surface area contributed by atoms with Crippen LogP contribution in [-0.4, -0.2) is 13.2 Å². The summed E-state index contributed by atoms with van der Waals surface area (Å²) in [7, 11) is 0. The van der Waals surface area contributed by atoms with E-state index in [1.165, 1.54) is 5.56 Å². The Hall–Kier alpha value is -1.87. The van der Waals surface area contributed by atoms with E-state index in [2.05, 4.69) is 18.3 Å². The monoisotopic (exact) mass is 285 g/mol. The number of nitrogens with one attached hydrogen (secondary N) is 1. The van der Waals surface area contributed by atoms with Crippen LogP contribution in [0.1, 0.15) is 24.5 Å². The lowest BCUT2D eigenvalue weighted by atomic mass is 9.99. The Morgan fingerprint density at radius 1 is 1.24 bits per heavy atom. The second kappa shape index (κ2) is 6.27. The van der Waals surface area contributed by atoms with Gasteiger partial charge in [-0.2, -0.15) is 0 Å². The van der Waals surface area contributed by atoms with Gasteiger partial charge in [-0.05, 0) is 36.2 Å². The summed E-state index contributed by atoms with van der Waals surface area (Å²) in [5, 5.41) is 3.25. The molecule has 0 spiro atoms. The first kappa shape index (κ1) is 14.1. The largest absolute Gasteiger partial charge is 0.492 e. The second-order valence-electron chi connectivity index (χ2n) is 5.38. The van der Waals surface area contributed by atoms with Gasteiger partial charge in [0.1, 0.15) is 11.6 Å². The van der Waals surface area contributed by atoms with Crippen molar-refractivity contribution in [2.24, 2.45) is 0 Å². The third-order valence-electron chi connectivity index (χ3n) is 3.81. The van der Waals surface area contributed by atoms with Crippen LogP contribution in [0, 0.1) is 5.82 Å². The van der Waals surface area contributed by atoms with Crippen LogP contribution in [-0.2, 0) is 13.0 Å². The molecule has 0 amide bonds. The predicted octanol–water partition coefficient (Wildman–Crippen LogP) is 3.93. The molecule has 0 unspecified atom stereocenters. The SMILES string of the molecule is CCCNCc1cc(-c2cccc3c2OCC3)ccc1F. The maximum Gasteiger partial charge on any atom is 0.130 e. The van der Waals surface area contributed by atoms with Crippen LogP contribution in [0.5, 0.6) is 5.75 Å². The van der Waals surface area contributed by atoms with Crippen molar-refractivity contribution in [1.82, 2.24) is 5.32 Å². The fourth-order valence-electron chi connectivity index (χ4n) is 2.72. The zero-order chi connectivity index (χ0) is 14.7. The van der Waals surface area contributed by atoms with Crippen LogP contribution >= 0.6 is 0 Å². The van der Waals surface area contributed by atoms with Gasteiger partial charge < -0.3 is 10.1 Å². The highest BCUT2D eigenvalue weighted by atomic mass is 19.1. The van der Waals surface area contributed by atoms with Crippen molar-refractivity contribution < 1.29 is 9.13 Å². The first-order valence-electron chi connectivity index (χ1n) is 7.54. The summed E-state index contributed by atoms with van der Waals surface area (Å²) < 4.78 is 19.7. The Bertz CT molecular complexity index is 639. The number of halogens is 1. The highest BCUT2D eigenvalue weighted by Crippen LogP contribution is 2.37. The molecule has 3 rings (SSSR count). The van der Waals surface area contributed by atoms with Gasteiger partial charge in [-0.1, -0.05) is 31.2 Å². The third-order valence-corrected chi connectivity index (χ3v) is 3.81. The van der Waals surface area contributed by atoms with Crippen molar-refractivity contribution in [3.63, 3.8) is 0 Å². The molecule has 0 fully saturated rings. The van der Waals surface area contributed by atoms with Crippen molar-refractivity contribution in [1.29, 1.82) is 0 Å². The first-order chi connectivity index (χ1) is 10.3.